The molecular formula is C11H13NO3. The van der Waals surface area contributed by atoms with E-state index < -0.39 is 0 Å². The second-order valence-corrected chi connectivity index (χ2v) is 4.03. The fraction of sp³-hybridized carbons (Fsp3) is 0.455. The third-order valence-electron chi connectivity index (χ3n) is 3.01. The lowest BCUT2D eigenvalue weighted by atomic mass is 10.0. The van der Waals surface area contributed by atoms with Gasteiger partial charge < -0.3 is 19.9 Å². The van der Waals surface area contributed by atoms with Crippen LogP contribution in [0.5, 0.6) is 17.2 Å². The fourth-order valence-corrected chi connectivity index (χ4v) is 1.98. The number of nitrogens with two attached hydrogens (primary N) is 1. The van der Waals surface area contributed by atoms with E-state index >= 15 is 0 Å². The van der Waals surface area contributed by atoms with Gasteiger partial charge in [-0.2, -0.15) is 0 Å². The molecule has 15 heavy (non-hydrogen) atoms. The van der Waals surface area contributed by atoms with Gasteiger partial charge in [0.15, 0.2) is 11.5 Å². The summed E-state index contributed by atoms with van der Waals surface area (Å²) in [6.45, 7) is 0.269. The number of fused-ring (bicyclic) bond motifs is 1. The summed E-state index contributed by atoms with van der Waals surface area (Å²) >= 11 is 0. The molecule has 4 heteroatoms. The van der Waals surface area contributed by atoms with E-state index in [0.717, 1.165) is 35.7 Å². The molecule has 0 amide bonds. The Kier molecular flexibility index (Phi) is 1.65. The molecule has 0 spiro atoms. The van der Waals surface area contributed by atoms with Crippen LogP contribution in [0.4, 0.5) is 0 Å². The van der Waals surface area contributed by atoms with E-state index in [1.54, 1.807) is 7.11 Å². The fourth-order valence-electron chi connectivity index (χ4n) is 1.98. The minimum Gasteiger partial charge on any atom is -0.496 e. The summed E-state index contributed by atoms with van der Waals surface area (Å²) in [7, 11) is 1.65. The maximum atomic E-state index is 6.20. The maximum Gasteiger partial charge on any atom is 0.231 e. The van der Waals surface area contributed by atoms with Crippen molar-refractivity contribution in [1.29, 1.82) is 0 Å². The Labute approximate surface area is 87.9 Å². The largest absolute Gasteiger partial charge is 0.496 e. The normalized spacial score (nSPS) is 20.1. The van der Waals surface area contributed by atoms with Crippen LogP contribution < -0.4 is 19.9 Å². The zero-order valence-corrected chi connectivity index (χ0v) is 8.58. The lowest BCUT2D eigenvalue weighted by Gasteiger charge is -2.16. The minimum atomic E-state index is -0.273. The van der Waals surface area contributed by atoms with Gasteiger partial charge in [0.2, 0.25) is 6.79 Å². The molecule has 1 aliphatic carbocycles. The van der Waals surface area contributed by atoms with Gasteiger partial charge in [-0.05, 0) is 25.0 Å². The summed E-state index contributed by atoms with van der Waals surface area (Å²) in [5.74, 6) is 2.32. The maximum absolute atomic E-state index is 6.20. The Morgan fingerprint density at radius 1 is 1.33 bits per heavy atom. The smallest absolute Gasteiger partial charge is 0.231 e. The van der Waals surface area contributed by atoms with Gasteiger partial charge >= 0.3 is 0 Å². The van der Waals surface area contributed by atoms with Crippen LogP contribution in [0.1, 0.15) is 18.4 Å². The van der Waals surface area contributed by atoms with E-state index in [0.29, 0.717) is 0 Å². The summed E-state index contributed by atoms with van der Waals surface area (Å²) in [6.07, 6.45) is 1.95. The number of hydrogen-bond acceptors (Lipinski definition) is 4. The zero-order chi connectivity index (χ0) is 10.5. The molecule has 4 nitrogen and oxygen atoms in total. The first kappa shape index (κ1) is 8.85. The molecule has 3 rings (SSSR count). The summed E-state index contributed by atoms with van der Waals surface area (Å²) in [5.41, 5.74) is 6.89. The zero-order valence-electron chi connectivity index (χ0n) is 8.58. The van der Waals surface area contributed by atoms with Gasteiger partial charge in [0.1, 0.15) is 5.75 Å². The summed E-state index contributed by atoms with van der Waals surface area (Å²) < 4.78 is 16.1. The van der Waals surface area contributed by atoms with Crippen LogP contribution in [-0.4, -0.2) is 13.9 Å². The second kappa shape index (κ2) is 2.79. The highest BCUT2D eigenvalue weighted by molar-refractivity contribution is 5.59. The van der Waals surface area contributed by atoms with Gasteiger partial charge in [0.25, 0.3) is 0 Å². The van der Waals surface area contributed by atoms with Crippen molar-refractivity contribution < 1.29 is 14.2 Å². The monoisotopic (exact) mass is 207 g/mol. The first-order valence-corrected chi connectivity index (χ1v) is 5.00. The van der Waals surface area contributed by atoms with Gasteiger partial charge in [0.05, 0.1) is 12.7 Å². The first-order valence-electron chi connectivity index (χ1n) is 5.00. The van der Waals surface area contributed by atoms with Crippen molar-refractivity contribution in [2.24, 2.45) is 5.73 Å². The molecule has 1 saturated carbocycles. The van der Waals surface area contributed by atoms with Gasteiger partial charge in [-0.3, -0.25) is 0 Å². The molecular weight excluding hydrogens is 194 g/mol. The van der Waals surface area contributed by atoms with Crippen molar-refractivity contribution in [3.8, 4) is 17.2 Å². The van der Waals surface area contributed by atoms with E-state index in [-0.39, 0.29) is 12.3 Å². The highest BCUT2D eigenvalue weighted by Crippen LogP contribution is 2.54. The van der Waals surface area contributed by atoms with Crippen LogP contribution >= 0.6 is 0 Å². The molecule has 0 unspecified atom stereocenters. The lowest BCUT2D eigenvalue weighted by molar-refractivity contribution is 0.172. The van der Waals surface area contributed by atoms with Crippen molar-refractivity contribution >= 4 is 0 Å². The summed E-state index contributed by atoms with van der Waals surface area (Å²) in [5, 5.41) is 0. The highest BCUT2D eigenvalue weighted by Gasteiger charge is 2.46. The number of hydrogen-bond donors (Lipinski definition) is 1. The van der Waals surface area contributed by atoms with E-state index in [1.165, 1.54) is 0 Å². The molecule has 80 valence electrons. The average Bonchev–Trinajstić information content (AvgIpc) is 2.82. The summed E-state index contributed by atoms with van der Waals surface area (Å²) in [6, 6.07) is 3.74. The molecule has 1 aliphatic heterocycles. The highest BCUT2D eigenvalue weighted by atomic mass is 16.7. The van der Waals surface area contributed by atoms with E-state index in [1.807, 2.05) is 12.1 Å². The van der Waals surface area contributed by atoms with Gasteiger partial charge in [-0.1, -0.05) is 0 Å². The molecule has 0 radical (unpaired) electrons. The van der Waals surface area contributed by atoms with Crippen molar-refractivity contribution in [2.75, 3.05) is 13.9 Å². The standard InChI is InChI=1S/C11H13NO3/c1-13-7-2-3-8-10(15-6-14-8)9(7)11(12)4-5-11/h2-3H,4-6,12H2,1H3. The van der Waals surface area contributed by atoms with Gasteiger partial charge in [-0.25, -0.2) is 0 Å². The van der Waals surface area contributed by atoms with E-state index in [4.69, 9.17) is 19.9 Å². The van der Waals surface area contributed by atoms with Crippen molar-refractivity contribution in [3.05, 3.63) is 17.7 Å². The molecule has 0 bridgehead atoms. The molecule has 1 aromatic carbocycles. The number of benzene rings is 1. The molecule has 1 aromatic rings. The van der Waals surface area contributed by atoms with Crippen LogP contribution in [0.15, 0.2) is 12.1 Å². The van der Waals surface area contributed by atoms with Crippen molar-refractivity contribution in [1.82, 2.24) is 0 Å². The van der Waals surface area contributed by atoms with E-state index in [9.17, 15) is 0 Å². The third-order valence-corrected chi connectivity index (χ3v) is 3.01. The predicted octanol–water partition coefficient (Wildman–Crippen LogP) is 1.37. The number of ether oxygens (including phenoxy) is 3. The molecule has 0 aromatic heterocycles. The quantitative estimate of drug-likeness (QED) is 0.795. The molecule has 2 N–H and O–H groups in total. The van der Waals surface area contributed by atoms with E-state index in [2.05, 4.69) is 0 Å². The molecule has 0 saturated heterocycles. The first-order chi connectivity index (χ1) is 7.24. The average molecular weight is 207 g/mol. The van der Waals surface area contributed by atoms with Crippen LogP contribution in [-0.2, 0) is 5.54 Å². The van der Waals surface area contributed by atoms with Gasteiger partial charge in [-0.15, -0.1) is 0 Å². The molecule has 1 fully saturated rings. The van der Waals surface area contributed by atoms with Crippen molar-refractivity contribution in [2.45, 2.75) is 18.4 Å². The van der Waals surface area contributed by atoms with Crippen LogP contribution in [0.2, 0.25) is 0 Å². The van der Waals surface area contributed by atoms with Crippen molar-refractivity contribution in [3.63, 3.8) is 0 Å². The van der Waals surface area contributed by atoms with Crippen LogP contribution in [0.25, 0.3) is 0 Å². The molecule has 2 aliphatic rings. The van der Waals surface area contributed by atoms with Gasteiger partial charge in [0, 0.05) is 5.54 Å². The Hall–Kier alpha value is -1.42. The lowest BCUT2D eigenvalue weighted by Crippen LogP contribution is -2.20. The molecule has 0 atom stereocenters. The third kappa shape index (κ3) is 1.18. The summed E-state index contributed by atoms with van der Waals surface area (Å²) in [4.78, 5) is 0. The minimum absolute atomic E-state index is 0.269. The predicted molar refractivity (Wildman–Crippen MR) is 54.2 cm³/mol. The Balaban J connectivity index is 2.19. The SMILES string of the molecule is COc1ccc2c(c1C1(N)CC1)OCO2. The number of rotatable bonds is 2. The topological polar surface area (TPSA) is 53.7 Å². The Bertz CT molecular complexity index is 413. The second-order valence-electron chi connectivity index (χ2n) is 4.03. The Morgan fingerprint density at radius 3 is 2.80 bits per heavy atom. The molecule has 1 heterocycles. The number of methoxy groups -OCH3 is 1. The van der Waals surface area contributed by atoms with Crippen LogP contribution in [0.3, 0.4) is 0 Å². The van der Waals surface area contributed by atoms with Crippen LogP contribution in [0, 0.1) is 0 Å². The Morgan fingerprint density at radius 2 is 2.13 bits per heavy atom.